The van der Waals surface area contributed by atoms with Gasteiger partial charge in [0.15, 0.2) is 0 Å². The molecule has 13 heavy (non-hydrogen) atoms. The first-order valence-electron chi connectivity index (χ1n) is 4.64. The average molecular weight is 187 g/mol. The molecule has 0 aliphatic carbocycles. The van der Waals surface area contributed by atoms with Crippen LogP contribution in [0.1, 0.15) is 26.7 Å². The molecule has 0 aromatic carbocycles. The number of hydrogen-bond donors (Lipinski definition) is 2. The van der Waals surface area contributed by atoms with Crippen LogP contribution < -0.4 is 5.73 Å². The van der Waals surface area contributed by atoms with E-state index in [2.05, 4.69) is 0 Å². The third-order valence-corrected chi connectivity index (χ3v) is 2.53. The van der Waals surface area contributed by atoms with E-state index >= 15 is 0 Å². The lowest BCUT2D eigenvalue weighted by molar-refractivity contribution is -0.142. The Bertz CT molecular complexity index is 185. The van der Waals surface area contributed by atoms with E-state index in [4.69, 9.17) is 15.6 Å². The number of hydrogen-bond acceptors (Lipinski definition) is 3. The minimum atomic E-state index is -0.911. The van der Waals surface area contributed by atoms with Gasteiger partial charge in [-0.15, -0.1) is 0 Å². The lowest BCUT2D eigenvalue weighted by Crippen LogP contribution is -2.44. The van der Waals surface area contributed by atoms with Crippen molar-refractivity contribution >= 4 is 5.97 Å². The monoisotopic (exact) mass is 187 g/mol. The maximum atomic E-state index is 10.6. The van der Waals surface area contributed by atoms with Crippen LogP contribution in [0.25, 0.3) is 0 Å². The second kappa shape index (κ2) is 4.07. The molecule has 1 fully saturated rings. The van der Waals surface area contributed by atoms with Crippen LogP contribution in [-0.4, -0.2) is 29.3 Å². The molecule has 1 rings (SSSR count). The Kier molecular flexibility index (Phi) is 3.27. The van der Waals surface area contributed by atoms with Crippen molar-refractivity contribution in [2.24, 2.45) is 11.7 Å². The van der Waals surface area contributed by atoms with Gasteiger partial charge in [0.05, 0.1) is 12.2 Å². The van der Waals surface area contributed by atoms with Crippen molar-refractivity contribution in [2.75, 3.05) is 0 Å². The van der Waals surface area contributed by atoms with Gasteiger partial charge in [0.25, 0.3) is 0 Å². The number of ether oxygens (including phenoxy) is 1. The summed E-state index contributed by atoms with van der Waals surface area (Å²) in [6.45, 7) is 3.91. The lowest BCUT2D eigenvalue weighted by Gasteiger charge is -2.33. The van der Waals surface area contributed by atoms with Crippen molar-refractivity contribution in [2.45, 2.75) is 44.9 Å². The van der Waals surface area contributed by atoms with Gasteiger partial charge in [-0.05, 0) is 32.6 Å². The standard InChI is InChI=1S/C9H17NO3/c1-5-3-7(4-6(2)13-5)8(10)9(11)12/h5-8H,3-4,10H2,1-2H3,(H,11,12)/t5-,6-,8+/m1/s1. The molecule has 0 saturated carbocycles. The molecule has 1 aliphatic heterocycles. The molecule has 0 aromatic heterocycles. The van der Waals surface area contributed by atoms with Crippen molar-refractivity contribution in [1.29, 1.82) is 0 Å². The fourth-order valence-corrected chi connectivity index (χ4v) is 1.95. The Labute approximate surface area is 78.1 Å². The van der Waals surface area contributed by atoms with Gasteiger partial charge in [-0.1, -0.05) is 0 Å². The fourth-order valence-electron chi connectivity index (χ4n) is 1.95. The van der Waals surface area contributed by atoms with Crippen molar-refractivity contribution in [3.63, 3.8) is 0 Å². The zero-order valence-electron chi connectivity index (χ0n) is 8.06. The van der Waals surface area contributed by atoms with E-state index in [1.165, 1.54) is 0 Å². The molecule has 0 aromatic rings. The number of carbonyl (C=O) groups is 1. The highest BCUT2D eigenvalue weighted by atomic mass is 16.5. The van der Waals surface area contributed by atoms with E-state index in [1.54, 1.807) is 0 Å². The summed E-state index contributed by atoms with van der Waals surface area (Å²) < 4.78 is 5.50. The van der Waals surface area contributed by atoms with E-state index in [1.807, 2.05) is 13.8 Å². The first-order valence-corrected chi connectivity index (χ1v) is 4.64. The third kappa shape index (κ3) is 2.67. The van der Waals surface area contributed by atoms with Crippen molar-refractivity contribution in [3.05, 3.63) is 0 Å². The lowest BCUT2D eigenvalue weighted by atomic mass is 9.87. The molecule has 1 aliphatic rings. The Morgan fingerprint density at radius 1 is 1.46 bits per heavy atom. The van der Waals surface area contributed by atoms with Crippen LogP contribution in [0.3, 0.4) is 0 Å². The summed E-state index contributed by atoms with van der Waals surface area (Å²) in [6.07, 6.45) is 1.74. The zero-order chi connectivity index (χ0) is 10.0. The number of rotatable bonds is 2. The minimum Gasteiger partial charge on any atom is -0.480 e. The fraction of sp³-hybridized carbons (Fsp3) is 0.889. The van der Waals surface area contributed by atoms with Gasteiger partial charge < -0.3 is 15.6 Å². The van der Waals surface area contributed by atoms with E-state index < -0.39 is 12.0 Å². The molecular formula is C9H17NO3. The minimum absolute atomic E-state index is 0.0521. The molecule has 3 N–H and O–H groups in total. The van der Waals surface area contributed by atoms with Gasteiger partial charge in [0, 0.05) is 0 Å². The van der Waals surface area contributed by atoms with Crippen LogP contribution in [0.15, 0.2) is 0 Å². The highest BCUT2D eigenvalue weighted by Gasteiger charge is 2.31. The molecule has 0 amide bonds. The van der Waals surface area contributed by atoms with Crippen LogP contribution in [0.2, 0.25) is 0 Å². The molecule has 4 heteroatoms. The second-order valence-corrected chi connectivity index (χ2v) is 3.85. The van der Waals surface area contributed by atoms with E-state index in [0.29, 0.717) is 0 Å². The summed E-state index contributed by atoms with van der Waals surface area (Å²) in [5, 5.41) is 8.74. The first-order chi connectivity index (χ1) is 6.00. The summed E-state index contributed by atoms with van der Waals surface area (Å²) in [5.41, 5.74) is 5.56. The second-order valence-electron chi connectivity index (χ2n) is 3.85. The van der Waals surface area contributed by atoms with E-state index in [-0.39, 0.29) is 18.1 Å². The molecule has 3 atom stereocenters. The number of nitrogens with two attached hydrogens (primary N) is 1. The van der Waals surface area contributed by atoms with Crippen LogP contribution in [0.4, 0.5) is 0 Å². The van der Waals surface area contributed by atoms with Crippen molar-refractivity contribution < 1.29 is 14.6 Å². The summed E-state index contributed by atoms with van der Waals surface area (Å²) in [5.74, 6) is -0.859. The van der Waals surface area contributed by atoms with E-state index in [9.17, 15) is 4.79 Å². The average Bonchev–Trinajstić information content (AvgIpc) is 2.01. The Morgan fingerprint density at radius 3 is 2.31 bits per heavy atom. The smallest absolute Gasteiger partial charge is 0.320 e. The normalized spacial score (nSPS) is 37.0. The Hall–Kier alpha value is -0.610. The molecule has 0 bridgehead atoms. The SMILES string of the molecule is C[C@@H]1CC([C@H](N)C(=O)O)C[C@@H](C)O1. The number of aliphatic carboxylic acids is 1. The van der Waals surface area contributed by atoms with Gasteiger partial charge in [0.2, 0.25) is 0 Å². The molecule has 1 heterocycles. The summed E-state index contributed by atoms with van der Waals surface area (Å²) in [6, 6.07) is -0.742. The van der Waals surface area contributed by atoms with Crippen LogP contribution in [-0.2, 0) is 9.53 Å². The van der Waals surface area contributed by atoms with Crippen LogP contribution in [0.5, 0.6) is 0 Å². The van der Waals surface area contributed by atoms with Gasteiger partial charge in [0.1, 0.15) is 6.04 Å². The highest BCUT2D eigenvalue weighted by Crippen LogP contribution is 2.26. The molecule has 76 valence electrons. The van der Waals surface area contributed by atoms with Gasteiger partial charge in [-0.25, -0.2) is 0 Å². The summed E-state index contributed by atoms with van der Waals surface area (Å²) in [4.78, 5) is 10.6. The topological polar surface area (TPSA) is 72.6 Å². The van der Waals surface area contributed by atoms with Crippen LogP contribution in [0, 0.1) is 5.92 Å². The summed E-state index contributed by atoms with van der Waals surface area (Å²) >= 11 is 0. The van der Waals surface area contributed by atoms with Gasteiger partial charge >= 0.3 is 5.97 Å². The maximum absolute atomic E-state index is 10.6. The van der Waals surface area contributed by atoms with E-state index in [0.717, 1.165) is 12.8 Å². The number of carboxylic acid groups (broad SMARTS) is 1. The zero-order valence-corrected chi connectivity index (χ0v) is 8.06. The molecule has 0 unspecified atom stereocenters. The largest absolute Gasteiger partial charge is 0.480 e. The highest BCUT2D eigenvalue weighted by molar-refractivity contribution is 5.73. The Morgan fingerprint density at radius 2 is 1.92 bits per heavy atom. The molecule has 4 nitrogen and oxygen atoms in total. The van der Waals surface area contributed by atoms with Gasteiger partial charge in [-0.3, -0.25) is 4.79 Å². The number of carboxylic acids is 1. The quantitative estimate of drug-likeness (QED) is 0.664. The van der Waals surface area contributed by atoms with Gasteiger partial charge in [-0.2, -0.15) is 0 Å². The predicted molar refractivity (Wildman–Crippen MR) is 48.3 cm³/mol. The van der Waals surface area contributed by atoms with Crippen LogP contribution >= 0.6 is 0 Å². The first kappa shape index (κ1) is 10.5. The predicted octanol–water partition coefficient (Wildman–Crippen LogP) is 0.602. The molecule has 0 spiro atoms. The molecule has 1 saturated heterocycles. The molecule has 0 radical (unpaired) electrons. The van der Waals surface area contributed by atoms with Crippen molar-refractivity contribution in [3.8, 4) is 0 Å². The van der Waals surface area contributed by atoms with Crippen molar-refractivity contribution in [1.82, 2.24) is 0 Å². The molecular weight excluding hydrogens is 170 g/mol. The third-order valence-electron chi connectivity index (χ3n) is 2.53. The summed E-state index contributed by atoms with van der Waals surface area (Å²) in [7, 11) is 0. The maximum Gasteiger partial charge on any atom is 0.320 e. The Balaban J connectivity index is 2.54.